The Morgan fingerprint density at radius 3 is 2.65 bits per heavy atom. The molecule has 6 nitrogen and oxygen atoms in total. The number of sulfonamides is 1. The van der Waals surface area contributed by atoms with Gasteiger partial charge in [-0.3, -0.25) is 0 Å². The molecule has 1 atom stereocenters. The number of hydrogen-bond acceptors (Lipinski definition) is 4. The molecule has 4 N–H and O–H groups in total. The van der Waals surface area contributed by atoms with Crippen LogP contribution in [0.5, 0.6) is 0 Å². The molecule has 0 radical (unpaired) electrons. The normalized spacial score (nSPS) is 14.2. The number of nitrogens with one attached hydrogen (secondary N) is 1. The van der Waals surface area contributed by atoms with Crippen molar-refractivity contribution >= 4 is 15.9 Å². The van der Waals surface area contributed by atoms with E-state index in [4.69, 9.17) is 10.9 Å². The molecule has 0 saturated heterocycles. The van der Waals surface area contributed by atoms with Crippen molar-refractivity contribution in [1.29, 1.82) is 0 Å². The average Bonchev–Trinajstić information content (AvgIpc) is 2.40. The van der Waals surface area contributed by atoms with Crippen molar-refractivity contribution in [3.63, 3.8) is 0 Å². The zero-order chi connectivity index (χ0) is 15.3. The molecule has 0 heterocycles. The number of benzene rings is 1. The molecule has 1 unspecified atom stereocenters. The predicted molar refractivity (Wildman–Crippen MR) is 78.3 cm³/mol. The summed E-state index contributed by atoms with van der Waals surface area (Å²) in [6.45, 7) is 5.42. The minimum absolute atomic E-state index is 0.000476. The summed E-state index contributed by atoms with van der Waals surface area (Å²) < 4.78 is 27.4. The third kappa shape index (κ3) is 4.21. The zero-order valence-corrected chi connectivity index (χ0v) is 12.7. The van der Waals surface area contributed by atoms with E-state index in [1.54, 1.807) is 19.1 Å². The van der Waals surface area contributed by atoms with Gasteiger partial charge in [0.25, 0.3) is 0 Å². The Labute approximate surface area is 119 Å². The van der Waals surface area contributed by atoms with Crippen LogP contribution < -0.4 is 10.5 Å². The highest BCUT2D eigenvalue weighted by molar-refractivity contribution is 7.89. The van der Waals surface area contributed by atoms with E-state index in [1.807, 2.05) is 19.9 Å². The van der Waals surface area contributed by atoms with E-state index in [0.29, 0.717) is 12.0 Å². The van der Waals surface area contributed by atoms with Gasteiger partial charge in [-0.2, -0.15) is 0 Å². The number of amidine groups is 1. The summed E-state index contributed by atoms with van der Waals surface area (Å²) in [5.41, 5.74) is 6.98. The van der Waals surface area contributed by atoms with Crippen LogP contribution in [0.25, 0.3) is 0 Å². The number of nitrogens with zero attached hydrogens (tertiary/aromatic N) is 1. The van der Waals surface area contributed by atoms with Crippen LogP contribution in [0.15, 0.2) is 28.3 Å². The summed E-state index contributed by atoms with van der Waals surface area (Å²) in [6.07, 6.45) is 0.706. The lowest BCUT2D eigenvalue weighted by atomic mass is 10.1. The van der Waals surface area contributed by atoms with Gasteiger partial charge in [0.05, 0.1) is 4.90 Å². The Kier molecular flexibility index (Phi) is 5.52. The van der Waals surface area contributed by atoms with Crippen LogP contribution >= 0.6 is 0 Å². The smallest absolute Gasteiger partial charge is 0.241 e. The van der Waals surface area contributed by atoms with E-state index in [9.17, 15) is 8.42 Å². The molecule has 1 rings (SSSR count). The summed E-state index contributed by atoms with van der Waals surface area (Å²) >= 11 is 0. The molecule has 0 saturated carbocycles. The Balaban J connectivity index is 3.01. The standard InChI is InChI=1S/C13H21N3O3S/c1-4-11(8-13(14)15-17)16-20(18,19)12-7-9(2)5-6-10(12)3/h5-7,11,16-17H,4,8H2,1-3H3,(H2,14,15). The fraction of sp³-hybridized carbons (Fsp3) is 0.462. The lowest BCUT2D eigenvalue weighted by molar-refractivity contribution is 0.316. The van der Waals surface area contributed by atoms with Crippen LogP contribution in [0.1, 0.15) is 30.9 Å². The monoisotopic (exact) mass is 299 g/mol. The molecule has 7 heteroatoms. The molecule has 0 aliphatic carbocycles. The summed E-state index contributed by atoms with van der Waals surface area (Å²) in [4.78, 5) is 0.260. The summed E-state index contributed by atoms with van der Waals surface area (Å²) in [5, 5.41) is 11.4. The SMILES string of the molecule is CCC(CC(N)=NO)NS(=O)(=O)c1cc(C)ccc1C. The molecule has 0 spiro atoms. The summed E-state index contributed by atoms with van der Waals surface area (Å²) in [7, 11) is -3.62. The molecular formula is C13H21N3O3S. The van der Waals surface area contributed by atoms with Gasteiger partial charge in [0.15, 0.2) is 0 Å². The van der Waals surface area contributed by atoms with Crippen LogP contribution in [0.2, 0.25) is 0 Å². The van der Waals surface area contributed by atoms with E-state index in [2.05, 4.69) is 9.88 Å². The highest BCUT2D eigenvalue weighted by atomic mass is 32.2. The number of oxime groups is 1. The molecule has 0 aliphatic heterocycles. The van der Waals surface area contributed by atoms with Crippen LogP contribution in [-0.2, 0) is 10.0 Å². The Bertz CT molecular complexity index is 597. The van der Waals surface area contributed by atoms with E-state index in [1.165, 1.54) is 0 Å². The molecule has 0 aliphatic rings. The lowest BCUT2D eigenvalue weighted by Gasteiger charge is -2.17. The highest BCUT2D eigenvalue weighted by Crippen LogP contribution is 2.17. The maximum absolute atomic E-state index is 12.4. The molecule has 0 bridgehead atoms. The molecule has 1 aromatic carbocycles. The second-order valence-corrected chi connectivity index (χ2v) is 6.47. The fourth-order valence-electron chi connectivity index (χ4n) is 1.84. The first kappa shape index (κ1) is 16.5. The molecular weight excluding hydrogens is 278 g/mol. The van der Waals surface area contributed by atoms with Gasteiger partial charge in [-0.25, -0.2) is 13.1 Å². The Morgan fingerprint density at radius 2 is 2.10 bits per heavy atom. The molecule has 112 valence electrons. The van der Waals surface area contributed by atoms with Crippen molar-refractivity contribution in [2.45, 2.75) is 44.6 Å². The van der Waals surface area contributed by atoms with Gasteiger partial charge in [0.2, 0.25) is 10.0 Å². The predicted octanol–water partition coefficient (Wildman–Crippen LogP) is 1.50. The van der Waals surface area contributed by atoms with E-state index in [-0.39, 0.29) is 17.2 Å². The van der Waals surface area contributed by atoms with Gasteiger partial charge in [0, 0.05) is 12.5 Å². The van der Waals surface area contributed by atoms with Crippen molar-refractivity contribution in [3.05, 3.63) is 29.3 Å². The van der Waals surface area contributed by atoms with Crippen molar-refractivity contribution < 1.29 is 13.6 Å². The van der Waals surface area contributed by atoms with Crippen LogP contribution in [0.3, 0.4) is 0 Å². The van der Waals surface area contributed by atoms with Crippen molar-refractivity contribution in [1.82, 2.24) is 4.72 Å². The largest absolute Gasteiger partial charge is 0.409 e. The lowest BCUT2D eigenvalue weighted by Crippen LogP contribution is -2.37. The molecule has 0 amide bonds. The minimum Gasteiger partial charge on any atom is -0.409 e. The van der Waals surface area contributed by atoms with E-state index < -0.39 is 16.1 Å². The first-order valence-corrected chi connectivity index (χ1v) is 7.84. The van der Waals surface area contributed by atoms with Gasteiger partial charge in [-0.1, -0.05) is 24.2 Å². The zero-order valence-electron chi connectivity index (χ0n) is 11.9. The molecule has 0 aromatic heterocycles. The Hall–Kier alpha value is -1.60. The topological polar surface area (TPSA) is 105 Å². The molecule has 20 heavy (non-hydrogen) atoms. The van der Waals surface area contributed by atoms with E-state index in [0.717, 1.165) is 5.56 Å². The number of nitrogens with two attached hydrogens (primary N) is 1. The first-order valence-electron chi connectivity index (χ1n) is 6.36. The van der Waals surface area contributed by atoms with Gasteiger partial charge < -0.3 is 10.9 Å². The highest BCUT2D eigenvalue weighted by Gasteiger charge is 2.21. The second-order valence-electron chi connectivity index (χ2n) is 4.79. The van der Waals surface area contributed by atoms with E-state index >= 15 is 0 Å². The first-order chi connectivity index (χ1) is 9.30. The van der Waals surface area contributed by atoms with Gasteiger partial charge in [-0.05, 0) is 37.5 Å². The van der Waals surface area contributed by atoms with Crippen LogP contribution in [-0.4, -0.2) is 25.5 Å². The van der Waals surface area contributed by atoms with Gasteiger partial charge >= 0.3 is 0 Å². The Morgan fingerprint density at radius 1 is 1.45 bits per heavy atom. The maximum Gasteiger partial charge on any atom is 0.241 e. The maximum atomic E-state index is 12.4. The average molecular weight is 299 g/mol. The summed E-state index contributed by atoms with van der Waals surface area (Å²) in [5.74, 6) is 0.000476. The van der Waals surface area contributed by atoms with Crippen molar-refractivity contribution in [3.8, 4) is 0 Å². The molecule has 0 fully saturated rings. The van der Waals surface area contributed by atoms with Gasteiger partial charge in [0.1, 0.15) is 5.84 Å². The number of rotatable bonds is 6. The quantitative estimate of drug-likeness (QED) is 0.320. The second kappa shape index (κ2) is 6.71. The minimum atomic E-state index is -3.62. The fourth-order valence-corrected chi connectivity index (χ4v) is 3.49. The van der Waals surface area contributed by atoms with Crippen molar-refractivity contribution in [2.75, 3.05) is 0 Å². The van der Waals surface area contributed by atoms with Crippen LogP contribution in [0, 0.1) is 13.8 Å². The van der Waals surface area contributed by atoms with Crippen LogP contribution in [0.4, 0.5) is 0 Å². The van der Waals surface area contributed by atoms with Gasteiger partial charge in [-0.15, -0.1) is 0 Å². The summed E-state index contributed by atoms with van der Waals surface area (Å²) in [6, 6.07) is 4.86. The third-order valence-electron chi connectivity index (χ3n) is 3.03. The number of hydrogen-bond donors (Lipinski definition) is 3. The number of aryl methyl sites for hydroxylation is 2. The third-order valence-corrected chi connectivity index (χ3v) is 4.69. The van der Waals surface area contributed by atoms with Crippen molar-refractivity contribution in [2.24, 2.45) is 10.9 Å². The molecule has 1 aromatic rings.